The number of thiazole rings is 1. The number of benzene rings is 1. The van der Waals surface area contributed by atoms with Gasteiger partial charge in [0.2, 0.25) is 0 Å². The Balaban J connectivity index is 2.12. The van der Waals surface area contributed by atoms with Gasteiger partial charge in [0, 0.05) is 12.7 Å². The van der Waals surface area contributed by atoms with E-state index < -0.39 is 0 Å². The number of nitrogens with one attached hydrogen (secondary N) is 1. The van der Waals surface area contributed by atoms with Crippen molar-refractivity contribution in [2.24, 2.45) is 5.92 Å². The largest absolute Gasteiger partial charge is 0.314 e. The fourth-order valence-electron chi connectivity index (χ4n) is 1.95. The Bertz CT molecular complexity index is 485. The first-order chi connectivity index (χ1) is 8.69. The quantitative estimate of drug-likeness (QED) is 0.886. The van der Waals surface area contributed by atoms with Gasteiger partial charge >= 0.3 is 0 Å². The van der Waals surface area contributed by atoms with E-state index in [-0.39, 0.29) is 0 Å². The molecule has 2 aromatic rings. The Morgan fingerprint density at radius 2 is 1.94 bits per heavy atom. The topological polar surface area (TPSA) is 24.9 Å². The fraction of sp³-hybridized carbons (Fsp3) is 0.400. The molecule has 0 saturated heterocycles. The molecule has 18 heavy (non-hydrogen) atoms. The van der Waals surface area contributed by atoms with Crippen molar-refractivity contribution in [3.63, 3.8) is 0 Å². The maximum absolute atomic E-state index is 4.41. The van der Waals surface area contributed by atoms with Crippen molar-refractivity contribution >= 4 is 11.3 Å². The summed E-state index contributed by atoms with van der Waals surface area (Å²) in [6.07, 6.45) is 3.11. The highest BCUT2D eigenvalue weighted by atomic mass is 32.1. The summed E-state index contributed by atoms with van der Waals surface area (Å²) in [5, 5.41) is 4.27. The van der Waals surface area contributed by atoms with Crippen LogP contribution in [-0.2, 0) is 13.0 Å². The molecular weight excluding hydrogens is 240 g/mol. The highest BCUT2D eigenvalue weighted by Crippen LogP contribution is 2.26. The number of rotatable bonds is 5. The third-order valence-electron chi connectivity index (χ3n) is 2.76. The maximum atomic E-state index is 4.41. The van der Waals surface area contributed by atoms with E-state index in [1.807, 2.05) is 13.2 Å². The summed E-state index contributed by atoms with van der Waals surface area (Å²) in [6.45, 7) is 5.35. The highest BCUT2D eigenvalue weighted by Gasteiger charge is 2.04. The van der Waals surface area contributed by atoms with Gasteiger partial charge in [-0.2, -0.15) is 0 Å². The third kappa shape index (κ3) is 3.40. The normalized spacial score (nSPS) is 11.1. The van der Waals surface area contributed by atoms with Crippen LogP contribution < -0.4 is 5.32 Å². The predicted octanol–water partition coefficient (Wildman–Crippen LogP) is 3.73. The molecule has 1 aromatic heterocycles. The number of hydrogen-bond acceptors (Lipinski definition) is 3. The zero-order valence-electron chi connectivity index (χ0n) is 11.2. The summed E-state index contributed by atoms with van der Waals surface area (Å²) in [7, 11) is 1.95. The Hall–Kier alpha value is -1.19. The Labute approximate surface area is 113 Å². The van der Waals surface area contributed by atoms with Crippen molar-refractivity contribution in [1.82, 2.24) is 10.3 Å². The first kappa shape index (κ1) is 13.2. The first-order valence-corrected chi connectivity index (χ1v) is 7.19. The van der Waals surface area contributed by atoms with Gasteiger partial charge in [0.15, 0.2) is 0 Å². The van der Waals surface area contributed by atoms with Crippen LogP contribution in [0.3, 0.4) is 0 Å². The van der Waals surface area contributed by atoms with Crippen molar-refractivity contribution in [1.29, 1.82) is 0 Å². The number of hydrogen-bond donors (Lipinski definition) is 1. The SMILES string of the molecule is CNCc1ncc(-c2ccc(CC(C)C)cc2)s1. The molecule has 0 aliphatic rings. The molecule has 0 fully saturated rings. The van der Waals surface area contributed by atoms with Crippen molar-refractivity contribution in [2.75, 3.05) is 7.05 Å². The van der Waals surface area contributed by atoms with Gasteiger partial charge < -0.3 is 5.32 Å². The summed E-state index contributed by atoms with van der Waals surface area (Å²) in [5.74, 6) is 0.710. The van der Waals surface area contributed by atoms with Gasteiger partial charge in [-0.25, -0.2) is 4.98 Å². The second-order valence-electron chi connectivity index (χ2n) is 4.94. The highest BCUT2D eigenvalue weighted by molar-refractivity contribution is 7.15. The van der Waals surface area contributed by atoms with Crippen LogP contribution in [0.15, 0.2) is 30.5 Å². The van der Waals surface area contributed by atoms with E-state index in [9.17, 15) is 0 Å². The predicted molar refractivity (Wildman–Crippen MR) is 78.9 cm³/mol. The van der Waals surface area contributed by atoms with Crippen LogP contribution in [0.2, 0.25) is 0 Å². The monoisotopic (exact) mass is 260 g/mol. The minimum Gasteiger partial charge on any atom is -0.314 e. The molecule has 0 bridgehead atoms. The molecule has 0 aliphatic heterocycles. The zero-order valence-corrected chi connectivity index (χ0v) is 12.1. The molecule has 3 heteroatoms. The summed E-state index contributed by atoms with van der Waals surface area (Å²) in [4.78, 5) is 5.66. The third-order valence-corrected chi connectivity index (χ3v) is 3.81. The molecule has 0 unspecified atom stereocenters. The molecule has 2 rings (SSSR count). The minimum absolute atomic E-state index is 0.710. The van der Waals surface area contributed by atoms with Crippen LogP contribution in [0.5, 0.6) is 0 Å². The van der Waals surface area contributed by atoms with Gasteiger partial charge in [-0.1, -0.05) is 38.1 Å². The second kappa shape index (κ2) is 6.12. The summed E-state index contributed by atoms with van der Waals surface area (Å²) >= 11 is 1.76. The molecule has 96 valence electrons. The molecule has 1 aromatic carbocycles. The van der Waals surface area contributed by atoms with E-state index in [0.717, 1.165) is 18.0 Å². The Morgan fingerprint density at radius 1 is 1.22 bits per heavy atom. The molecule has 0 saturated carbocycles. The minimum atomic E-state index is 0.710. The molecule has 0 amide bonds. The summed E-state index contributed by atoms with van der Waals surface area (Å²) in [6, 6.07) is 8.86. The van der Waals surface area contributed by atoms with Crippen molar-refractivity contribution in [2.45, 2.75) is 26.8 Å². The van der Waals surface area contributed by atoms with E-state index in [4.69, 9.17) is 0 Å². The van der Waals surface area contributed by atoms with E-state index in [1.165, 1.54) is 16.0 Å². The molecule has 0 aliphatic carbocycles. The lowest BCUT2D eigenvalue weighted by Gasteiger charge is -2.05. The first-order valence-electron chi connectivity index (χ1n) is 6.37. The Morgan fingerprint density at radius 3 is 2.56 bits per heavy atom. The fourth-order valence-corrected chi connectivity index (χ4v) is 2.89. The van der Waals surface area contributed by atoms with Gasteiger partial charge in [-0.3, -0.25) is 0 Å². The smallest absolute Gasteiger partial charge is 0.107 e. The second-order valence-corrected chi connectivity index (χ2v) is 6.06. The van der Waals surface area contributed by atoms with Gasteiger partial charge in [0.05, 0.1) is 4.88 Å². The molecule has 2 nitrogen and oxygen atoms in total. The number of aromatic nitrogens is 1. The van der Waals surface area contributed by atoms with Crippen LogP contribution in [0, 0.1) is 5.92 Å². The van der Waals surface area contributed by atoms with Crippen molar-refractivity contribution in [3.8, 4) is 10.4 Å². The number of nitrogens with zero attached hydrogens (tertiary/aromatic N) is 1. The molecule has 0 spiro atoms. The molecule has 0 radical (unpaired) electrons. The molecular formula is C15H20N2S. The van der Waals surface area contributed by atoms with Crippen LogP contribution in [0.1, 0.15) is 24.4 Å². The van der Waals surface area contributed by atoms with Crippen molar-refractivity contribution in [3.05, 3.63) is 41.0 Å². The van der Waals surface area contributed by atoms with Gasteiger partial charge in [0.25, 0.3) is 0 Å². The van der Waals surface area contributed by atoms with Gasteiger partial charge in [-0.15, -0.1) is 11.3 Å². The lowest BCUT2D eigenvalue weighted by molar-refractivity contribution is 0.647. The van der Waals surface area contributed by atoms with E-state index >= 15 is 0 Å². The van der Waals surface area contributed by atoms with Crippen molar-refractivity contribution < 1.29 is 0 Å². The Kier molecular flexibility index (Phi) is 4.50. The van der Waals surface area contributed by atoms with Crippen LogP contribution in [0.4, 0.5) is 0 Å². The molecule has 1 N–H and O–H groups in total. The maximum Gasteiger partial charge on any atom is 0.107 e. The molecule has 1 heterocycles. The average molecular weight is 260 g/mol. The van der Waals surface area contributed by atoms with Gasteiger partial charge in [-0.05, 0) is 30.5 Å². The van der Waals surface area contributed by atoms with E-state index in [1.54, 1.807) is 11.3 Å². The average Bonchev–Trinajstić information content (AvgIpc) is 2.78. The van der Waals surface area contributed by atoms with Gasteiger partial charge in [0.1, 0.15) is 5.01 Å². The standard InChI is InChI=1S/C15H20N2S/c1-11(2)8-12-4-6-13(7-5-12)14-9-17-15(18-14)10-16-3/h4-7,9,11,16H,8,10H2,1-3H3. The summed E-state index contributed by atoms with van der Waals surface area (Å²) in [5.41, 5.74) is 2.68. The lowest BCUT2D eigenvalue weighted by atomic mass is 10.0. The van der Waals surface area contributed by atoms with Crippen LogP contribution >= 0.6 is 11.3 Å². The molecule has 0 atom stereocenters. The van der Waals surface area contributed by atoms with Crippen LogP contribution in [0.25, 0.3) is 10.4 Å². The zero-order chi connectivity index (χ0) is 13.0. The van der Waals surface area contributed by atoms with E-state index in [0.29, 0.717) is 5.92 Å². The van der Waals surface area contributed by atoms with E-state index in [2.05, 4.69) is 48.4 Å². The summed E-state index contributed by atoms with van der Waals surface area (Å²) < 4.78 is 0. The lowest BCUT2D eigenvalue weighted by Crippen LogP contribution is -2.03. The van der Waals surface area contributed by atoms with Crippen LogP contribution in [-0.4, -0.2) is 12.0 Å².